The zero-order valence-electron chi connectivity index (χ0n) is 25.9. The Balaban J connectivity index is 1.00. The minimum Gasteiger partial charge on any atom is -0.493 e. The number of hydrogen-bond donors (Lipinski definition) is 2. The van der Waals surface area contributed by atoms with Crippen LogP contribution in [0.5, 0.6) is 5.75 Å². The van der Waals surface area contributed by atoms with Gasteiger partial charge in [0.05, 0.1) is 6.61 Å². The number of anilines is 1. The van der Waals surface area contributed by atoms with E-state index in [9.17, 15) is 4.79 Å². The summed E-state index contributed by atoms with van der Waals surface area (Å²) in [4.78, 5) is 15.8. The van der Waals surface area contributed by atoms with Crippen LogP contribution in [-0.2, 0) is 17.9 Å². The Morgan fingerprint density at radius 3 is 2.36 bits per heavy atom. The number of fused-ring (bicyclic) bond motifs is 1. The molecule has 226 valence electrons. The SMILES string of the molecule is Cc1ccc(-c2ccc3c(c2)C=C(C(=O)Nc2ccc(CNC(C)C4CCN(Cc5ccccc5)CC4)cc2)CCO3)cc1. The normalized spacial score (nSPS) is 16.3. The Labute approximate surface area is 262 Å². The van der Waals surface area contributed by atoms with Gasteiger partial charge in [-0.05, 0) is 98.3 Å². The van der Waals surface area contributed by atoms with Crippen LogP contribution in [0.25, 0.3) is 17.2 Å². The molecule has 5 nitrogen and oxygen atoms in total. The van der Waals surface area contributed by atoms with Crippen LogP contribution in [0.3, 0.4) is 0 Å². The molecule has 1 amide bonds. The van der Waals surface area contributed by atoms with E-state index >= 15 is 0 Å². The third-order valence-electron chi connectivity index (χ3n) is 9.07. The molecule has 0 aliphatic carbocycles. The lowest BCUT2D eigenvalue weighted by atomic mass is 9.90. The molecule has 2 heterocycles. The van der Waals surface area contributed by atoms with Gasteiger partial charge >= 0.3 is 0 Å². The lowest BCUT2D eigenvalue weighted by Crippen LogP contribution is -2.41. The second-order valence-corrected chi connectivity index (χ2v) is 12.3. The number of likely N-dealkylation sites (tertiary alicyclic amines) is 1. The molecule has 1 saturated heterocycles. The van der Waals surface area contributed by atoms with Crippen LogP contribution in [0.1, 0.15) is 48.4 Å². The smallest absolute Gasteiger partial charge is 0.251 e. The number of aryl methyl sites for hydroxylation is 1. The lowest BCUT2D eigenvalue weighted by Gasteiger charge is -2.35. The van der Waals surface area contributed by atoms with E-state index in [0.29, 0.717) is 25.0 Å². The first kappa shape index (κ1) is 29.9. The number of nitrogens with zero attached hydrogens (tertiary/aromatic N) is 1. The van der Waals surface area contributed by atoms with E-state index in [1.807, 2.05) is 24.3 Å². The molecule has 0 aromatic heterocycles. The van der Waals surface area contributed by atoms with E-state index in [2.05, 4.69) is 108 Å². The standard InChI is InChI=1S/C39H43N3O2/c1-28-8-12-33(13-9-28)34-14-17-38-36(24-34)25-35(20-23-44-38)39(43)41-37-15-10-30(11-16-37)26-40-29(2)32-18-21-42(22-19-32)27-31-6-4-3-5-7-31/h3-17,24-25,29,32,40H,18-23,26-27H2,1-2H3,(H,41,43). The third-order valence-corrected chi connectivity index (χ3v) is 9.07. The lowest BCUT2D eigenvalue weighted by molar-refractivity contribution is -0.113. The van der Waals surface area contributed by atoms with Crippen molar-refractivity contribution in [1.82, 2.24) is 10.2 Å². The Morgan fingerprint density at radius 2 is 1.61 bits per heavy atom. The van der Waals surface area contributed by atoms with Crippen LogP contribution in [0.2, 0.25) is 0 Å². The van der Waals surface area contributed by atoms with Crippen LogP contribution in [0, 0.1) is 12.8 Å². The average molecular weight is 586 g/mol. The quantitative estimate of drug-likeness (QED) is 0.210. The minimum absolute atomic E-state index is 0.0831. The number of nitrogens with one attached hydrogen (secondary N) is 2. The predicted molar refractivity (Wildman–Crippen MR) is 181 cm³/mol. The first-order valence-electron chi connectivity index (χ1n) is 15.9. The van der Waals surface area contributed by atoms with Crippen molar-refractivity contribution in [2.75, 3.05) is 25.0 Å². The summed E-state index contributed by atoms with van der Waals surface area (Å²) in [6.07, 6.45) is 4.99. The van der Waals surface area contributed by atoms with Gasteiger partial charge in [0.25, 0.3) is 5.91 Å². The van der Waals surface area contributed by atoms with Gasteiger partial charge in [0.2, 0.25) is 0 Å². The van der Waals surface area contributed by atoms with Gasteiger partial charge in [0, 0.05) is 42.4 Å². The summed E-state index contributed by atoms with van der Waals surface area (Å²) >= 11 is 0. The van der Waals surface area contributed by atoms with Gasteiger partial charge in [-0.1, -0.05) is 78.4 Å². The highest BCUT2D eigenvalue weighted by molar-refractivity contribution is 6.07. The molecular weight excluding hydrogens is 542 g/mol. The number of carbonyl (C=O) groups excluding carboxylic acids is 1. The van der Waals surface area contributed by atoms with Gasteiger partial charge in [0.15, 0.2) is 0 Å². The van der Waals surface area contributed by atoms with Crippen molar-refractivity contribution in [3.63, 3.8) is 0 Å². The molecule has 2 N–H and O–H groups in total. The summed E-state index contributed by atoms with van der Waals surface area (Å²) in [5, 5.41) is 6.85. The van der Waals surface area contributed by atoms with Gasteiger partial charge in [-0.25, -0.2) is 0 Å². The molecule has 0 radical (unpaired) electrons. The monoisotopic (exact) mass is 585 g/mol. The number of ether oxygens (including phenoxy) is 1. The van der Waals surface area contributed by atoms with Crippen LogP contribution in [-0.4, -0.2) is 36.5 Å². The van der Waals surface area contributed by atoms with Gasteiger partial charge in [-0.3, -0.25) is 9.69 Å². The zero-order chi connectivity index (χ0) is 30.3. The first-order valence-corrected chi connectivity index (χ1v) is 15.9. The molecule has 0 spiro atoms. The van der Waals surface area contributed by atoms with E-state index in [4.69, 9.17) is 4.74 Å². The summed E-state index contributed by atoms with van der Waals surface area (Å²) in [6.45, 7) is 9.06. The highest BCUT2D eigenvalue weighted by Gasteiger charge is 2.23. The summed E-state index contributed by atoms with van der Waals surface area (Å²) in [5.41, 5.74) is 8.56. The second kappa shape index (κ2) is 14.1. The number of carbonyl (C=O) groups is 1. The van der Waals surface area contributed by atoms with Crippen molar-refractivity contribution >= 4 is 17.7 Å². The number of hydrogen-bond acceptors (Lipinski definition) is 4. The maximum atomic E-state index is 13.3. The van der Waals surface area contributed by atoms with Crippen LogP contribution >= 0.6 is 0 Å². The fraction of sp³-hybridized carbons (Fsp3) is 0.308. The molecule has 2 aliphatic rings. The predicted octanol–water partition coefficient (Wildman–Crippen LogP) is 7.86. The van der Waals surface area contributed by atoms with Crippen molar-refractivity contribution in [2.45, 2.75) is 52.2 Å². The molecule has 6 rings (SSSR count). The van der Waals surface area contributed by atoms with Gasteiger partial charge in [-0.2, -0.15) is 0 Å². The molecule has 1 atom stereocenters. The maximum Gasteiger partial charge on any atom is 0.251 e. The molecule has 2 aliphatic heterocycles. The Bertz CT molecular complexity index is 1570. The largest absolute Gasteiger partial charge is 0.493 e. The van der Waals surface area contributed by atoms with Gasteiger partial charge in [0.1, 0.15) is 5.75 Å². The number of piperidine rings is 1. The Hall–Kier alpha value is -4.19. The van der Waals surface area contributed by atoms with Crippen LogP contribution < -0.4 is 15.4 Å². The summed E-state index contributed by atoms with van der Waals surface area (Å²) in [7, 11) is 0. The molecular formula is C39H43N3O2. The maximum absolute atomic E-state index is 13.3. The van der Waals surface area contributed by atoms with Gasteiger partial charge in [-0.15, -0.1) is 0 Å². The van der Waals surface area contributed by atoms with Crippen molar-refractivity contribution in [3.8, 4) is 16.9 Å². The topological polar surface area (TPSA) is 53.6 Å². The molecule has 0 bridgehead atoms. The fourth-order valence-corrected chi connectivity index (χ4v) is 6.24. The highest BCUT2D eigenvalue weighted by Crippen LogP contribution is 2.31. The summed E-state index contributed by atoms with van der Waals surface area (Å²) < 4.78 is 5.98. The summed E-state index contributed by atoms with van der Waals surface area (Å²) in [6, 6.07) is 34.1. The minimum atomic E-state index is -0.0831. The molecule has 1 fully saturated rings. The molecule has 0 saturated carbocycles. The molecule has 1 unspecified atom stereocenters. The molecule has 4 aromatic rings. The van der Waals surface area contributed by atoms with Crippen LogP contribution in [0.15, 0.2) is 103 Å². The second-order valence-electron chi connectivity index (χ2n) is 12.3. The van der Waals surface area contributed by atoms with E-state index in [-0.39, 0.29) is 5.91 Å². The Kier molecular flexibility index (Phi) is 9.55. The van der Waals surface area contributed by atoms with E-state index in [0.717, 1.165) is 59.9 Å². The first-order chi connectivity index (χ1) is 21.5. The summed E-state index contributed by atoms with van der Waals surface area (Å²) in [5.74, 6) is 1.42. The number of amides is 1. The van der Waals surface area contributed by atoms with Crippen molar-refractivity contribution in [3.05, 3.63) is 125 Å². The number of rotatable bonds is 9. The van der Waals surface area contributed by atoms with E-state index < -0.39 is 0 Å². The zero-order valence-corrected chi connectivity index (χ0v) is 25.9. The molecule has 5 heteroatoms. The highest BCUT2D eigenvalue weighted by atomic mass is 16.5. The van der Waals surface area contributed by atoms with E-state index in [1.165, 1.54) is 29.5 Å². The third kappa shape index (κ3) is 7.65. The van der Waals surface area contributed by atoms with Crippen molar-refractivity contribution in [1.29, 1.82) is 0 Å². The Morgan fingerprint density at radius 1 is 0.886 bits per heavy atom. The fourth-order valence-electron chi connectivity index (χ4n) is 6.24. The van der Waals surface area contributed by atoms with Crippen LogP contribution in [0.4, 0.5) is 5.69 Å². The number of benzene rings is 4. The van der Waals surface area contributed by atoms with Crippen molar-refractivity contribution in [2.24, 2.45) is 5.92 Å². The van der Waals surface area contributed by atoms with Crippen molar-refractivity contribution < 1.29 is 9.53 Å². The molecule has 4 aromatic carbocycles. The average Bonchev–Trinajstić information content (AvgIpc) is 3.28. The van der Waals surface area contributed by atoms with Gasteiger partial charge < -0.3 is 15.4 Å². The molecule has 44 heavy (non-hydrogen) atoms. The van der Waals surface area contributed by atoms with E-state index in [1.54, 1.807) is 0 Å².